The highest BCUT2D eigenvalue weighted by Gasteiger charge is 2.15. The zero-order valence-corrected chi connectivity index (χ0v) is 15.6. The average Bonchev–Trinajstić information content (AvgIpc) is 3.09. The third kappa shape index (κ3) is 4.44. The summed E-state index contributed by atoms with van der Waals surface area (Å²) < 4.78 is 5.20. The second kappa shape index (κ2) is 7.90. The lowest BCUT2D eigenvalue weighted by Crippen LogP contribution is -2.16. The third-order valence-corrected chi connectivity index (χ3v) is 4.19. The summed E-state index contributed by atoms with van der Waals surface area (Å²) in [6.07, 6.45) is 0.948. The topological polar surface area (TPSA) is 83.0 Å². The van der Waals surface area contributed by atoms with E-state index in [1.807, 2.05) is 24.1 Å². The first-order valence-electron chi connectivity index (χ1n) is 8.65. The van der Waals surface area contributed by atoms with Gasteiger partial charge in [0.25, 0.3) is 5.91 Å². The maximum Gasteiger partial charge on any atom is 0.255 e. The fraction of sp³-hybridized carbons (Fsp3) is 0.250. The standard InChI is InChI=1S/C20H22N4O3/c1-13-10-11-24(23-13)16-6-4-15(5-7-16)20(26)22-19-12-17(27-3)8-9-18(19)21-14(2)25/h4-9,12H,10-11H2,1-3H3,(H,21,25)(H,22,26). The molecule has 0 aliphatic carbocycles. The van der Waals surface area contributed by atoms with Gasteiger partial charge in [-0.25, -0.2) is 0 Å². The number of benzene rings is 2. The van der Waals surface area contributed by atoms with Crippen LogP contribution in [0.25, 0.3) is 0 Å². The summed E-state index contributed by atoms with van der Waals surface area (Å²) in [4.78, 5) is 24.0. The van der Waals surface area contributed by atoms with Crippen LogP contribution in [0, 0.1) is 0 Å². The first-order valence-corrected chi connectivity index (χ1v) is 8.65. The average molecular weight is 366 g/mol. The van der Waals surface area contributed by atoms with E-state index in [-0.39, 0.29) is 11.8 Å². The number of amides is 2. The van der Waals surface area contributed by atoms with Gasteiger partial charge < -0.3 is 15.4 Å². The van der Waals surface area contributed by atoms with Crippen molar-refractivity contribution in [1.29, 1.82) is 0 Å². The zero-order valence-electron chi connectivity index (χ0n) is 15.6. The molecule has 0 radical (unpaired) electrons. The molecule has 0 aromatic heterocycles. The second-order valence-electron chi connectivity index (χ2n) is 6.30. The number of rotatable bonds is 5. The Bertz CT molecular complexity index is 891. The van der Waals surface area contributed by atoms with Gasteiger partial charge in [0.05, 0.1) is 24.2 Å². The number of hydrogen-bond acceptors (Lipinski definition) is 5. The van der Waals surface area contributed by atoms with E-state index < -0.39 is 0 Å². The molecule has 0 atom stereocenters. The van der Waals surface area contributed by atoms with Gasteiger partial charge in [0.2, 0.25) is 5.91 Å². The number of anilines is 3. The van der Waals surface area contributed by atoms with Gasteiger partial charge in [-0.3, -0.25) is 14.6 Å². The van der Waals surface area contributed by atoms with Crippen LogP contribution in [0.2, 0.25) is 0 Å². The van der Waals surface area contributed by atoms with Crippen molar-refractivity contribution in [1.82, 2.24) is 0 Å². The van der Waals surface area contributed by atoms with Crippen LogP contribution in [-0.2, 0) is 4.79 Å². The molecule has 27 heavy (non-hydrogen) atoms. The third-order valence-electron chi connectivity index (χ3n) is 4.19. The van der Waals surface area contributed by atoms with Crippen LogP contribution in [0.3, 0.4) is 0 Å². The lowest BCUT2D eigenvalue weighted by Gasteiger charge is -2.15. The van der Waals surface area contributed by atoms with Crippen molar-refractivity contribution < 1.29 is 14.3 Å². The number of hydrogen-bond donors (Lipinski definition) is 2. The highest BCUT2D eigenvalue weighted by molar-refractivity contribution is 6.07. The van der Waals surface area contributed by atoms with Crippen molar-refractivity contribution in [3.8, 4) is 5.75 Å². The van der Waals surface area contributed by atoms with E-state index in [0.29, 0.717) is 22.7 Å². The minimum Gasteiger partial charge on any atom is -0.497 e. The zero-order chi connectivity index (χ0) is 19.4. The van der Waals surface area contributed by atoms with Crippen LogP contribution in [-0.4, -0.2) is 31.2 Å². The minimum atomic E-state index is -0.275. The highest BCUT2D eigenvalue weighted by atomic mass is 16.5. The van der Waals surface area contributed by atoms with Gasteiger partial charge in [-0.1, -0.05) is 0 Å². The summed E-state index contributed by atoms with van der Waals surface area (Å²) in [7, 11) is 1.54. The minimum absolute atomic E-state index is 0.221. The fourth-order valence-electron chi connectivity index (χ4n) is 2.79. The number of nitrogens with one attached hydrogen (secondary N) is 2. The first kappa shape index (κ1) is 18.4. The predicted molar refractivity (Wildman–Crippen MR) is 107 cm³/mol. The van der Waals surface area contributed by atoms with Gasteiger partial charge >= 0.3 is 0 Å². The number of hydrazone groups is 1. The molecule has 0 spiro atoms. The first-order chi connectivity index (χ1) is 13.0. The molecule has 1 aliphatic rings. The van der Waals surface area contributed by atoms with Crippen molar-refractivity contribution in [2.24, 2.45) is 5.10 Å². The monoisotopic (exact) mass is 366 g/mol. The lowest BCUT2D eigenvalue weighted by molar-refractivity contribution is -0.114. The van der Waals surface area contributed by atoms with E-state index in [1.165, 1.54) is 6.92 Å². The molecule has 3 rings (SSSR count). The van der Waals surface area contributed by atoms with Gasteiger partial charge in [-0.05, 0) is 43.3 Å². The molecule has 7 nitrogen and oxygen atoms in total. The Morgan fingerprint density at radius 2 is 1.81 bits per heavy atom. The molecule has 2 N–H and O–H groups in total. The van der Waals surface area contributed by atoms with Crippen LogP contribution >= 0.6 is 0 Å². The van der Waals surface area contributed by atoms with Crippen molar-refractivity contribution in [3.05, 3.63) is 48.0 Å². The number of carbonyl (C=O) groups is 2. The Morgan fingerprint density at radius 3 is 2.41 bits per heavy atom. The van der Waals surface area contributed by atoms with E-state index in [9.17, 15) is 9.59 Å². The summed E-state index contributed by atoms with van der Waals surface area (Å²) in [6.45, 7) is 4.26. The molecule has 2 amide bonds. The molecule has 2 aromatic rings. The molecule has 0 saturated heterocycles. The normalized spacial score (nSPS) is 13.1. The van der Waals surface area contributed by atoms with Crippen molar-refractivity contribution in [2.45, 2.75) is 20.3 Å². The lowest BCUT2D eigenvalue weighted by atomic mass is 10.1. The molecular weight excluding hydrogens is 344 g/mol. The van der Waals surface area contributed by atoms with Gasteiger partial charge in [0, 0.05) is 37.2 Å². The maximum atomic E-state index is 12.6. The highest BCUT2D eigenvalue weighted by Crippen LogP contribution is 2.28. The Balaban J connectivity index is 1.77. The van der Waals surface area contributed by atoms with Gasteiger partial charge in [0.1, 0.15) is 5.75 Å². The smallest absolute Gasteiger partial charge is 0.255 e. The summed E-state index contributed by atoms with van der Waals surface area (Å²) in [5.41, 5.74) is 3.54. The van der Waals surface area contributed by atoms with E-state index in [4.69, 9.17) is 4.74 Å². The van der Waals surface area contributed by atoms with Crippen LogP contribution in [0.1, 0.15) is 30.6 Å². The molecule has 140 valence electrons. The van der Waals surface area contributed by atoms with Crippen LogP contribution < -0.4 is 20.4 Å². The molecule has 0 saturated carbocycles. The van der Waals surface area contributed by atoms with E-state index in [0.717, 1.165) is 24.4 Å². The van der Waals surface area contributed by atoms with Gasteiger partial charge in [0.15, 0.2) is 0 Å². The summed E-state index contributed by atoms with van der Waals surface area (Å²) >= 11 is 0. The van der Waals surface area contributed by atoms with Gasteiger partial charge in [-0.15, -0.1) is 0 Å². The summed E-state index contributed by atoms with van der Waals surface area (Å²) in [6, 6.07) is 12.3. The Labute approximate surface area is 158 Å². The maximum absolute atomic E-state index is 12.6. The molecule has 2 aromatic carbocycles. The Morgan fingerprint density at radius 1 is 1.07 bits per heavy atom. The second-order valence-corrected chi connectivity index (χ2v) is 6.30. The van der Waals surface area contributed by atoms with E-state index >= 15 is 0 Å². The van der Waals surface area contributed by atoms with Crippen molar-refractivity contribution in [2.75, 3.05) is 29.3 Å². The Hall–Kier alpha value is -3.35. The predicted octanol–water partition coefficient (Wildman–Crippen LogP) is 3.49. The van der Waals surface area contributed by atoms with Crippen molar-refractivity contribution in [3.63, 3.8) is 0 Å². The summed E-state index contributed by atoms with van der Waals surface area (Å²) in [5, 5.41) is 11.9. The van der Waals surface area contributed by atoms with E-state index in [1.54, 1.807) is 37.4 Å². The number of carbonyl (C=O) groups excluding carboxylic acids is 2. The number of nitrogens with zero attached hydrogens (tertiary/aromatic N) is 2. The fourth-order valence-corrected chi connectivity index (χ4v) is 2.79. The molecule has 1 aliphatic heterocycles. The quantitative estimate of drug-likeness (QED) is 0.848. The van der Waals surface area contributed by atoms with Crippen molar-refractivity contribution >= 4 is 34.6 Å². The van der Waals surface area contributed by atoms with Crippen LogP contribution in [0.4, 0.5) is 17.1 Å². The van der Waals surface area contributed by atoms with Crippen LogP contribution in [0.15, 0.2) is 47.6 Å². The molecule has 0 unspecified atom stereocenters. The molecule has 7 heteroatoms. The summed E-state index contributed by atoms with van der Waals surface area (Å²) in [5.74, 6) is 0.0843. The Kier molecular flexibility index (Phi) is 5.40. The number of ether oxygens (including phenoxy) is 1. The van der Waals surface area contributed by atoms with Gasteiger partial charge in [-0.2, -0.15) is 5.10 Å². The molecule has 0 bridgehead atoms. The largest absolute Gasteiger partial charge is 0.497 e. The number of methoxy groups -OCH3 is 1. The van der Waals surface area contributed by atoms with E-state index in [2.05, 4.69) is 15.7 Å². The SMILES string of the molecule is COc1ccc(NC(C)=O)c(NC(=O)c2ccc(N3CCC(C)=N3)cc2)c1. The molecule has 1 heterocycles. The van der Waals surface area contributed by atoms with Crippen LogP contribution in [0.5, 0.6) is 5.75 Å². The molecule has 0 fully saturated rings. The molecular formula is C20H22N4O3.